The highest BCUT2D eigenvalue weighted by atomic mass is 16.5. The molecule has 18 heavy (non-hydrogen) atoms. The maximum atomic E-state index is 5.67. The lowest BCUT2D eigenvalue weighted by molar-refractivity contribution is 0.0998. The highest BCUT2D eigenvalue weighted by Gasteiger charge is 2.18. The Morgan fingerprint density at radius 2 is 2.17 bits per heavy atom. The Morgan fingerprint density at radius 3 is 2.72 bits per heavy atom. The Bertz CT molecular complexity index is 344. The van der Waals surface area contributed by atoms with Crippen LogP contribution in [0.5, 0.6) is 5.75 Å². The first-order valence-electron chi connectivity index (χ1n) is 6.76. The van der Waals surface area contributed by atoms with E-state index in [-0.39, 0.29) is 0 Å². The van der Waals surface area contributed by atoms with E-state index in [9.17, 15) is 0 Å². The Labute approximate surface area is 109 Å². The zero-order valence-corrected chi connectivity index (χ0v) is 11.3. The predicted octanol–water partition coefficient (Wildman–Crippen LogP) is 2.91. The van der Waals surface area contributed by atoms with E-state index in [2.05, 4.69) is 17.4 Å². The number of hydrogen-bond acceptors (Lipinski definition) is 3. The summed E-state index contributed by atoms with van der Waals surface area (Å²) in [6.45, 7) is 0.942. The van der Waals surface area contributed by atoms with Gasteiger partial charge in [0.15, 0.2) is 0 Å². The normalized spacial score (nSPS) is 20.9. The molecule has 3 heteroatoms. The molecule has 2 rings (SSSR count). The van der Waals surface area contributed by atoms with E-state index in [4.69, 9.17) is 9.47 Å². The van der Waals surface area contributed by atoms with Gasteiger partial charge in [-0.3, -0.25) is 0 Å². The van der Waals surface area contributed by atoms with Crippen LogP contribution in [0.25, 0.3) is 0 Å². The second-order valence-corrected chi connectivity index (χ2v) is 4.83. The number of hydrogen-bond donors (Lipinski definition) is 1. The fraction of sp³-hybridized carbons (Fsp3) is 0.600. The summed E-state index contributed by atoms with van der Waals surface area (Å²) >= 11 is 0. The molecule has 1 aliphatic rings. The van der Waals surface area contributed by atoms with Crippen molar-refractivity contribution in [1.29, 1.82) is 0 Å². The second kappa shape index (κ2) is 6.76. The average Bonchev–Trinajstić information content (AvgIpc) is 2.93. The molecule has 1 aromatic rings. The average molecular weight is 249 g/mol. The van der Waals surface area contributed by atoms with Crippen molar-refractivity contribution in [2.45, 2.75) is 37.8 Å². The monoisotopic (exact) mass is 249 g/mol. The summed E-state index contributed by atoms with van der Waals surface area (Å²) in [4.78, 5) is 0. The quantitative estimate of drug-likeness (QED) is 0.841. The molecule has 1 saturated heterocycles. The van der Waals surface area contributed by atoms with Gasteiger partial charge in [-0.25, -0.2) is 0 Å². The van der Waals surface area contributed by atoms with E-state index in [1.165, 1.54) is 18.4 Å². The Balaban J connectivity index is 1.89. The van der Waals surface area contributed by atoms with Gasteiger partial charge >= 0.3 is 0 Å². The molecule has 1 aliphatic heterocycles. The number of methoxy groups -OCH3 is 1. The maximum Gasteiger partial charge on any atom is 0.118 e. The standard InChI is InChI=1S/C15H23NO2/c1-16-15(10-9-14-4-3-11-18-14)12-5-7-13(17-2)8-6-12/h5-8,14-16H,3-4,9-11H2,1-2H3. The Hall–Kier alpha value is -1.06. The summed E-state index contributed by atoms with van der Waals surface area (Å²) in [5, 5.41) is 3.38. The SMILES string of the molecule is CNC(CCC1CCCO1)c1ccc(OC)cc1. The minimum atomic E-state index is 0.403. The molecular formula is C15H23NO2. The van der Waals surface area contributed by atoms with E-state index in [1.807, 2.05) is 19.2 Å². The minimum Gasteiger partial charge on any atom is -0.497 e. The smallest absolute Gasteiger partial charge is 0.118 e. The topological polar surface area (TPSA) is 30.5 Å². The first kappa shape index (κ1) is 13.4. The third-order valence-electron chi connectivity index (χ3n) is 3.67. The molecule has 0 saturated carbocycles. The van der Waals surface area contributed by atoms with Crippen LogP contribution in [-0.2, 0) is 4.74 Å². The molecule has 0 aromatic heterocycles. The molecule has 1 heterocycles. The van der Waals surface area contributed by atoms with Crippen molar-refractivity contribution in [2.75, 3.05) is 20.8 Å². The van der Waals surface area contributed by atoms with Gasteiger partial charge < -0.3 is 14.8 Å². The number of benzene rings is 1. The third kappa shape index (κ3) is 3.47. The van der Waals surface area contributed by atoms with Crippen molar-refractivity contribution in [3.63, 3.8) is 0 Å². The van der Waals surface area contributed by atoms with E-state index < -0.39 is 0 Å². The minimum absolute atomic E-state index is 0.403. The molecule has 100 valence electrons. The van der Waals surface area contributed by atoms with Crippen LogP contribution in [0.1, 0.15) is 37.3 Å². The van der Waals surface area contributed by atoms with Gasteiger partial charge in [-0.05, 0) is 50.4 Å². The van der Waals surface area contributed by atoms with Crippen molar-refractivity contribution in [1.82, 2.24) is 5.32 Å². The van der Waals surface area contributed by atoms with Crippen LogP contribution < -0.4 is 10.1 Å². The molecule has 0 amide bonds. The molecule has 1 N–H and O–H groups in total. The highest BCUT2D eigenvalue weighted by Crippen LogP contribution is 2.25. The van der Waals surface area contributed by atoms with E-state index in [1.54, 1.807) is 7.11 Å². The molecule has 2 atom stereocenters. The zero-order chi connectivity index (χ0) is 12.8. The molecule has 0 spiro atoms. The summed E-state index contributed by atoms with van der Waals surface area (Å²) in [6.07, 6.45) is 5.17. The molecule has 1 fully saturated rings. The van der Waals surface area contributed by atoms with E-state index in [0.717, 1.165) is 25.2 Å². The highest BCUT2D eigenvalue weighted by molar-refractivity contribution is 5.29. The van der Waals surface area contributed by atoms with Crippen LogP contribution >= 0.6 is 0 Å². The summed E-state index contributed by atoms with van der Waals surface area (Å²) in [5.74, 6) is 0.910. The summed E-state index contributed by atoms with van der Waals surface area (Å²) in [7, 11) is 3.71. The summed E-state index contributed by atoms with van der Waals surface area (Å²) < 4.78 is 10.9. The first-order chi connectivity index (χ1) is 8.83. The van der Waals surface area contributed by atoms with Crippen molar-refractivity contribution in [3.05, 3.63) is 29.8 Å². The van der Waals surface area contributed by atoms with Crippen molar-refractivity contribution in [3.8, 4) is 5.75 Å². The second-order valence-electron chi connectivity index (χ2n) is 4.83. The van der Waals surface area contributed by atoms with Gasteiger partial charge in [-0.15, -0.1) is 0 Å². The number of rotatable bonds is 6. The molecule has 1 aromatic carbocycles. The zero-order valence-electron chi connectivity index (χ0n) is 11.3. The molecule has 0 aliphatic carbocycles. The fourth-order valence-corrected chi connectivity index (χ4v) is 2.54. The van der Waals surface area contributed by atoms with Gasteiger partial charge in [0.05, 0.1) is 13.2 Å². The van der Waals surface area contributed by atoms with Crippen LogP contribution in [0.4, 0.5) is 0 Å². The molecular weight excluding hydrogens is 226 g/mol. The Kier molecular flexibility index (Phi) is 5.02. The van der Waals surface area contributed by atoms with Crippen LogP contribution in [0.2, 0.25) is 0 Å². The molecule has 3 nitrogen and oxygen atoms in total. The summed E-state index contributed by atoms with van der Waals surface area (Å²) in [5.41, 5.74) is 1.32. The van der Waals surface area contributed by atoms with Gasteiger partial charge in [0.25, 0.3) is 0 Å². The largest absolute Gasteiger partial charge is 0.497 e. The van der Waals surface area contributed by atoms with Crippen LogP contribution in [0, 0.1) is 0 Å². The number of ether oxygens (including phenoxy) is 2. The molecule has 0 radical (unpaired) electrons. The predicted molar refractivity (Wildman–Crippen MR) is 73.0 cm³/mol. The van der Waals surface area contributed by atoms with Crippen LogP contribution in [-0.4, -0.2) is 26.9 Å². The van der Waals surface area contributed by atoms with Gasteiger partial charge in [0, 0.05) is 12.6 Å². The van der Waals surface area contributed by atoms with Gasteiger partial charge in [-0.2, -0.15) is 0 Å². The lowest BCUT2D eigenvalue weighted by Gasteiger charge is -2.19. The lowest BCUT2D eigenvalue weighted by Crippen LogP contribution is -2.18. The van der Waals surface area contributed by atoms with Gasteiger partial charge in [-0.1, -0.05) is 12.1 Å². The first-order valence-corrected chi connectivity index (χ1v) is 6.76. The Morgan fingerprint density at radius 1 is 1.39 bits per heavy atom. The fourth-order valence-electron chi connectivity index (χ4n) is 2.54. The third-order valence-corrected chi connectivity index (χ3v) is 3.67. The lowest BCUT2D eigenvalue weighted by atomic mass is 9.99. The van der Waals surface area contributed by atoms with Crippen LogP contribution in [0.15, 0.2) is 24.3 Å². The summed E-state index contributed by atoms with van der Waals surface area (Å²) in [6, 6.07) is 8.71. The van der Waals surface area contributed by atoms with Gasteiger partial charge in [0.1, 0.15) is 5.75 Å². The van der Waals surface area contributed by atoms with Crippen molar-refractivity contribution in [2.24, 2.45) is 0 Å². The van der Waals surface area contributed by atoms with Crippen molar-refractivity contribution < 1.29 is 9.47 Å². The van der Waals surface area contributed by atoms with Gasteiger partial charge in [0.2, 0.25) is 0 Å². The van der Waals surface area contributed by atoms with E-state index >= 15 is 0 Å². The van der Waals surface area contributed by atoms with E-state index in [0.29, 0.717) is 12.1 Å². The van der Waals surface area contributed by atoms with Crippen molar-refractivity contribution >= 4 is 0 Å². The maximum absolute atomic E-state index is 5.67. The molecule has 2 unspecified atom stereocenters. The number of nitrogens with one attached hydrogen (secondary N) is 1. The molecule has 0 bridgehead atoms. The van der Waals surface area contributed by atoms with Crippen LogP contribution in [0.3, 0.4) is 0 Å².